The first-order valence-corrected chi connectivity index (χ1v) is 6.36. The summed E-state index contributed by atoms with van der Waals surface area (Å²) in [6.07, 6.45) is 0.970. The minimum absolute atomic E-state index is 0.249. The van der Waals surface area contributed by atoms with Gasteiger partial charge >= 0.3 is 5.97 Å². The van der Waals surface area contributed by atoms with Crippen LogP contribution < -0.4 is 5.32 Å². The van der Waals surface area contributed by atoms with E-state index in [4.69, 9.17) is 4.74 Å². The minimum atomic E-state index is -0.776. The van der Waals surface area contributed by atoms with Crippen LogP contribution in [0.15, 0.2) is 18.2 Å². The summed E-state index contributed by atoms with van der Waals surface area (Å²) >= 11 is 0. The second kappa shape index (κ2) is 6.01. The fraction of sp³-hybridized carbons (Fsp3) is 0.533. The molecular formula is C15H23NO2. The third kappa shape index (κ3) is 3.10. The van der Waals surface area contributed by atoms with E-state index in [0.717, 1.165) is 29.7 Å². The molecule has 0 spiro atoms. The van der Waals surface area contributed by atoms with Crippen LogP contribution >= 0.6 is 0 Å². The molecule has 0 saturated carbocycles. The van der Waals surface area contributed by atoms with Gasteiger partial charge in [-0.2, -0.15) is 0 Å². The number of esters is 1. The van der Waals surface area contributed by atoms with Crippen LogP contribution in [0.25, 0.3) is 0 Å². The van der Waals surface area contributed by atoms with Crippen molar-refractivity contribution in [1.29, 1.82) is 0 Å². The Morgan fingerprint density at radius 1 is 1.28 bits per heavy atom. The van der Waals surface area contributed by atoms with E-state index in [2.05, 4.69) is 18.3 Å². The van der Waals surface area contributed by atoms with Gasteiger partial charge in [-0.15, -0.1) is 0 Å². The molecule has 1 aromatic rings. The quantitative estimate of drug-likeness (QED) is 0.815. The normalized spacial score (nSPS) is 14.1. The average molecular weight is 249 g/mol. The summed E-state index contributed by atoms with van der Waals surface area (Å²) in [4.78, 5) is 12.1. The van der Waals surface area contributed by atoms with Crippen molar-refractivity contribution in [3.63, 3.8) is 0 Å². The summed E-state index contributed by atoms with van der Waals surface area (Å²) in [6, 6.07) is 6.17. The zero-order chi connectivity index (χ0) is 13.8. The second-order valence-corrected chi connectivity index (χ2v) is 4.92. The monoisotopic (exact) mass is 249 g/mol. The first-order valence-electron chi connectivity index (χ1n) is 6.36. The van der Waals surface area contributed by atoms with Gasteiger partial charge in [0.05, 0.1) is 7.11 Å². The van der Waals surface area contributed by atoms with Crippen LogP contribution in [0.5, 0.6) is 0 Å². The van der Waals surface area contributed by atoms with Crippen LogP contribution in [-0.2, 0) is 15.1 Å². The predicted octanol–water partition coefficient (Wildman–Crippen LogP) is 2.69. The van der Waals surface area contributed by atoms with Gasteiger partial charge in [0.2, 0.25) is 0 Å². The number of benzene rings is 1. The number of carbonyl (C=O) groups is 1. The Kier molecular flexibility index (Phi) is 4.91. The van der Waals surface area contributed by atoms with E-state index in [-0.39, 0.29) is 5.97 Å². The maximum Gasteiger partial charge on any atom is 0.330 e. The molecule has 1 aromatic carbocycles. The highest BCUT2D eigenvalue weighted by Crippen LogP contribution is 2.24. The molecule has 0 aliphatic heterocycles. The molecule has 0 aliphatic carbocycles. The first-order chi connectivity index (χ1) is 8.43. The molecule has 0 fully saturated rings. The van der Waals surface area contributed by atoms with Crippen molar-refractivity contribution in [2.75, 3.05) is 13.7 Å². The fourth-order valence-electron chi connectivity index (χ4n) is 2.13. The predicted molar refractivity (Wildman–Crippen MR) is 73.6 cm³/mol. The second-order valence-electron chi connectivity index (χ2n) is 4.92. The maximum atomic E-state index is 12.1. The van der Waals surface area contributed by atoms with Gasteiger partial charge in [-0.3, -0.25) is 5.32 Å². The molecule has 3 nitrogen and oxygen atoms in total. The summed E-state index contributed by atoms with van der Waals surface area (Å²) in [5.41, 5.74) is 2.49. The largest absolute Gasteiger partial charge is 0.467 e. The van der Waals surface area contributed by atoms with E-state index >= 15 is 0 Å². The number of hydrogen-bond acceptors (Lipinski definition) is 3. The van der Waals surface area contributed by atoms with E-state index < -0.39 is 5.54 Å². The highest BCUT2D eigenvalue weighted by atomic mass is 16.5. The fourth-order valence-corrected chi connectivity index (χ4v) is 2.13. The number of ether oxygens (including phenoxy) is 1. The molecule has 0 aliphatic rings. The van der Waals surface area contributed by atoms with Crippen LogP contribution in [0.3, 0.4) is 0 Å². The molecule has 0 amide bonds. The molecule has 0 bridgehead atoms. The molecule has 3 heteroatoms. The Hall–Kier alpha value is -1.35. The average Bonchev–Trinajstić information content (AvgIpc) is 2.33. The lowest BCUT2D eigenvalue weighted by molar-refractivity contribution is -0.148. The van der Waals surface area contributed by atoms with Gasteiger partial charge in [0.1, 0.15) is 5.54 Å². The van der Waals surface area contributed by atoms with Crippen molar-refractivity contribution in [1.82, 2.24) is 5.32 Å². The third-order valence-electron chi connectivity index (χ3n) is 3.12. The molecule has 100 valence electrons. The molecule has 1 atom stereocenters. The van der Waals surface area contributed by atoms with Gasteiger partial charge in [-0.25, -0.2) is 4.79 Å². The number of rotatable bonds is 5. The van der Waals surface area contributed by atoms with Gasteiger partial charge in [0, 0.05) is 0 Å². The maximum absolute atomic E-state index is 12.1. The molecule has 0 heterocycles. The lowest BCUT2D eigenvalue weighted by Gasteiger charge is -2.29. The van der Waals surface area contributed by atoms with Gasteiger partial charge in [-0.05, 0) is 39.3 Å². The summed E-state index contributed by atoms with van der Waals surface area (Å²) < 4.78 is 4.95. The highest BCUT2D eigenvalue weighted by molar-refractivity contribution is 5.82. The Bertz CT molecular complexity index is 408. The number of carbonyl (C=O) groups excluding carboxylic acids is 1. The zero-order valence-corrected chi connectivity index (χ0v) is 12.0. The van der Waals surface area contributed by atoms with Gasteiger partial charge in [0.25, 0.3) is 0 Å². The van der Waals surface area contributed by atoms with Crippen LogP contribution in [-0.4, -0.2) is 19.6 Å². The van der Waals surface area contributed by atoms with Crippen LogP contribution in [0.2, 0.25) is 0 Å². The third-order valence-corrected chi connectivity index (χ3v) is 3.12. The lowest BCUT2D eigenvalue weighted by Crippen LogP contribution is -2.47. The topological polar surface area (TPSA) is 38.3 Å². The van der Waals surface area contributed by atoms with Crippen LogP contribution in [0.4, 0.5) is 0 Å². The molecule has 1 rings (SSSR count). The van der Waals surface area contributed by atoms with E-state index in [1.165, 1.54) is 7.11 Å². The van der Waals surface area contributed by atoms with Crippen LogP contribution in [0.1, 0.15) is 37.0 Å². The summed E-state index contributed by atoms with van der Waals surface area (Å²) in [7, 11) is 1.43. The van der Waals surface area contributed by atoms with Crippen LogP contribution in [0, 0.1) is 13.8 Å². The summed E-state index contributed by atoms with van der Waals surface area (Å²) in [5, 5.41) is 3.29. The number of nitrogens with one attached hydrogen (secondary N) is 1. The number of hydrogen-bond donors (Lipinski definition) is 1. The number of methoxy groups -OCH3 is 1. The highest BCUT2D eigenvalue weighted by Gasteiger charge is 2.35. The molecule has 0 aromatic heterocycles. The van der Waals surface area contributed by atoms with Gasteiger partial charge < -0.3 is 4.74 Å². The van der Waals surface area contributed by atoms with E-state index in [1.54, 1.807) is 0 Å². The number of aryl methyl sites for hydroxylation is 2. The Morgan fingerprint density at radius 3 is 2.28 bits per heavy atom. The molecule has 0 radical (unpaired) electrons. The van der Waals surface area contributed by atoms with Gasteiger partial charge in [0.15, 0.2) is 0 Å². The molecular weight excluding hydrogens is 226 g/mol. The smallest absolute Gasteiger partial charge is 0.330 e. The Balaban J connectivity index is 3.20. The zero-order valence-electron chi connectivity index (χ0n) is 12.0. The molecule has 1 unspecified atom stereocenters. The standard InChI is InChI=1S/C15H23NO2/c1-6-7-16-15(4,14(17)18-5)13-9-11(2)8-12(3)10-13/h8-10,16H,6-7H2,1-5H3. The van der Waals surface area contributed by atoms with Crippen molar-refractivity contribution in [2.24, 2.45) is 0 Å². The Labute approximate surface area is 110 Å². The van der Waals surface area contributed by atoms with Crippen molar-refractivity contribution >= 4 is 5.97 Å². The van der Waals surface area contributed by atoms with E-state index in [9.17, 15) is 4.79 Å². The summed E-state index contributed by atoms with van der Waals surface area (Å²) in [6.45, 7) is 8.80. The molecule has 0 saturated heterocycles. The van der Waals surface area contributed by atoms with Crippen molar-refractivity contribution < 1.29 is 9.53 Å². The molecule has 18 heavy (non-hydrogen) atoms. The molecule has 1 N–H and O–H groups in total. The van der Waals surface area contributed by atoms with E-state index in [0.29, 0.717) is 0 Å². The SMILES string of the molecule is CCCNC(C)(C(=O)OC)c1cc(C)cc(C)c1. The summed E-state index contributed by atoms with van der Waals surface area (Å²) in [5.74, 6) is -0.249. The minimum Gasteiger partial charge on any atom is -0.467 e. The van der Waals surface area contributed by atoms with Crippen molar-refractivity contribution in [3.05, 3.63) is 34.9 Å². The van der Waals surface area contributed by atoms with Gasteiger partial charge in [-0.1, -0.05) is 36.2 Å². The lowest BCUT2D eigenvalue weighted by atomic mass is 9.89. The van der Waals surface area contributed by atoms with Crippen molar-refractivity contribution in [2.45, 2.75) is 39.7 Å². The first kappa shape index (κ1) is 14.7. The van der Waals surface area contributed by atoms with Crippen molar-refractivity contribution in [3.8, 4) is 0 Å². The van der Waals surface area contributed by atoms with E-state index in [1.807, 2.05) is 32.9 Å². The Morgan fingerprint density at radius 2 is 1.83 bits per heavy atom.